The average molecular weight is 438 g/mol. The van der Waals surface area contributed by atoms with Crippen molar-refractivity contribution in [2.24, 2.45) is 7.05 Å². The molecule has 0 aliphatic rings. The van der Waals surface area contributed by atoms with E-state index in [-0.39, 0.29) is 0 Å². The molecule has 0 amide bonds. The van der Waals surface area contributed by atoms with Gasteiger partial charge in [0, 0.05) is 55.3 Å². The fraction of sp³-hybridized carbons (Fsp3) is 0.269. The monoisotopic (exact) mass is 437 g/mol. The minimum atomic E-state index is 0.684. The molecule has 5 aromatic rings. The summed E-state index contributed by atoms with van der Waals surface area (Å²) in [4.78, 5) is 19.2. The second kappa shape index (κ2) is 8.94. The lowest BCUT2D eigenvalue weighted by atomic mass is 10.1. The number of benzene rings is 1. The molecule has 0 fully saturated rings. The van der Waals surface area contributed by atoms with E-state index in [0.717, 1.165) is 70.9 Å². The number of pyridine rings is 1. The quantitative estimate of drug-likeness (QED) is 0.345. The highest BCUT2D eigenvalue weighted by Gasteiger charge is 2.19. The molecule has 1 aromatic carbocycles. The van der Waals surface area contributed by atoms with Crippen LogP contribution in [0.3, 0.4) is 0 Å². The Bertz CT molecular complexity index is 1400. The molecule has 4 heterocycles. The highest BCUT2D eigenvalue weighted by molar-refractivity contribution is 5.89. The van der Waals surface area contributed by atoms with Gasteiger partial charge in [-0.1, -0.05) is 31.5 Å². The minimum Gasteiger partial charge on any atom is -0.313 e. The SMILES string of the molecule is CCCCc1nc2c(-c3ccncc3)nc(-c3cccc(-c4ccn(C)n4)c3)nc2n1CC. The van der Waals surface area contributed by atoms with E-state index in [0.29, 0.717) is 5.82 Å². The zero-order chi connectivity index (χ0) is 22.8. The largest absolute Gasteiger partial charge is 0.313 e. The van der Waals surface area contributed by atoms with Crippen LogP contribution in [-0.4, -0.2) is 34.3 Å². The van der Waals surface area contributed by atoms with Crippen LogP contribution in [0.4, 0.5) is 0 Å². The Morgan fingerprint density at radius 1 is 0.879 bits per heavy atom. The van der Waals surface area contributed by atoms with Gasteiger partial charge >= 0.3 is 0 Å². The Hall–Kier alpha value is -3.87. The van der Waals surface area contributed by atoms with Gasteiger partial charge in [0.25, 0.3) is 0 Å². The molecular formula is C26H27N7. The summed E-state index contributed by atoms with van der Waals surface area (Å²) >= 11 is 0. The van der Waals surface area contributed by atoms with Crippen LogP contribution in [0, 0.1) is 0 Å². The molecular weight excluding hydrogens is 410 g/mol. The van der Waals surface area contributed by atoms with E-state index in [1.807, 2.05) is 42.2 Å². The first-order valence-corrected chi connectivity index (χ1v) is 11.5. The molecule has 0 saturated heterocycles. The molecule has 33 heavy (non-hydrogen) atoms. The third-order valence-electron chi connectivity index (χ3n) is 5.83. The van der Waals surface area contributed by atoms with E-state index in [9.17, 15) is 0 Å². The molecule has 0 radical (unpaired) electrons. The number of unbranched alkanes of at least 4 members (excludes halogenated alkanes) is 1. The van der Waals surface area contributed by atoms with Crippen LogP contribution in [0.2, 0.25) is 0 Å². The van der Waals surface area contributed by atoms with Gasteiger partial charge in [0.1, 0.15) is 17.0 Å². The normalized spacial score (nSPS) is 11.4. The Balaban J connectivity index is 1.72. The predicted octanol–water partition coefficient (Wildman–Crippen LogP) is 5.32. The van der Waals surface area contributed by atoms with Crippen molar-refractivity contribution < 1.29 is 0 Å². The summed E-state index contributed by atoms with van der Waals surface area (Å²) in [5, 5.41) is 4.54. The van der Waals surface area contributed by atoms with E-state index in [1.165, 1.54) is 0 Å². The van der Waals surface area contributed by atoms with Crippen LogP contribution >= 0.6 is 0 Å². The van der Waals surface area contributed by atoms with Crippen molar-refractivity contribution in [1.29, 1.82) is 0 Å². The number of aryl methyl sites for hydroxylation is 3. The molecule has 166 valence electrons. The third-order valence-corrected chi connectivity index (χ3v) is 5.83. The lowest BCUT2D eigenvalue weighted by molar-refractivity contribution is 0.671. The maximum absolute atomic E-state index is 5.02. The molecule has 0 atom stereocenters. The van der Waals surface area contributed by atoms with Gasteiger partial charge in [-0.25, -0.2) is 15.0 Å². The Labute approximate surface area is 193 Å². The molecule has 0 spiro atoms. The van der Waals surface area contributed by atoms with Gasteiger partial charge in [0.2, 0.25) is 0 Å². The van der Waals surface area contributed by atoms with Crippen molar-refractivity contribution in [3.05, 3.63) is 66.9 Å². The van der Waals surface area contributed by atoms with Crippen molar-refractivity contribution in [3.63, 3.8) is 0 Å². The second-order valence-corrected chi connectivity index (χ2v) is 8.14. The van der Waals surface area contributed by atoms with E-state index < -0.39 is 0 Å². The lowest BCUT2D eigenvalue weighted by Crippen LogP contribution is -2.03. The van der Waals surface area contributed by atoms with Crippen molar-refractivity contribution in [1.82, 2.24) is 34.3 Å². The first-order chi connectivity index (χ1) is 16.2. The van der Waals surface area contributed by atoms with Gasteiger partial charge < -0.3 is 4.57 Å². The van der Waals surface area contributed by atoms with Gasteiger partial charge in [0.15, 0.2) is 11.5 Å². The standard InChI is InChI=1S/C26H27N7/c1-4-6-10-22-28-24-23(18-11-14-27-15-12-18)29-25(30-26(24)33(22)5-2)20-9-7-8-19(17-20)21-13-16-32(3)31-21/h7-9,11-17H,4-6,10H2,1-3H3. The summed E-state index contributed by atoms with van der Waals surface area (Å²) in [7, 11) is 1.92. The zero-order valence-corrected chi connectivity index (χ0v) is 19.2. The van der Waals surface area contributed by atoms with E-state index in [1.54, 1.807) is 12.4 Å². The van der Waals surface area contributed by atoms with Crippen molar-refractivity contribution in [2.75, 3.05) is 0 Å². The highest BCUT2D eigenvalue weighted by atomic mass is 15.2. The molecule has 0 saturated carbocycles. The minimum absolute atomic E-state index is 0.684. The third kappa shape index (κ3) is 4.02. The Morgan fingerprint density at radius 2 is 1.70 bits per heavy atom. The second-order valence-electron chi connectivity index (χ2n) is 8.14. The summed E-state index contributed by atoms with van der Waals surface area (Å²) in [5.74, 6) is 1.75. The van der Waals surface area contributed by atoms with Crippen LogP contribution in [0.15, 0.2) is 61.1 Å². The highest BCUT2D eigenvalue weighted by Crippen LogP contribution is 2.31. The number of fused-ring (bicyclic) bond motifs is 1. The summed E-state index contributed by atoms with van der Waals surface area (Å²) in [6, 6.07) is 14.2. The van der Waals surface area contributed by atoms with Crippen LogP contribution in [-0.2, 0) is 20.0 Å². The van der Waals surface area contributed by atoms with Gasteiger partial charge in [-0.15, -0.1) is 0 Å². The lowest BCUT2D eigenvalue weighted by Gasteiger charge is -2.09. The van der Waals surface area contributed by atoms with Crippen molar-refractivity contribution in [2.45, 2.75) is 39.7 Å². The van der Waals surface area contributed by atoms with Crippen LogP contribution in [0.1, 0.15) is 32.5 Å². The summed E-state index contributed by atoms with van der Waals surface area (Å²) < 4.78 is 4.03. The maximum atomic E-state index is 5.02. The Morgan fingerprint density at radius 3 is 2.42 bits per heavy atom. The molecule has 0 unspecified atom stereocenters. The topological polar surface area (TPSA) is 74.3 Å². The van der Waals surface area contributed by atoms with Crippen molar-refractivity contribution >= 4 is 11.2 Å². The summed E-state index contributed by atoms with van der Waals surface area (Å²) in [6.07, 6.45) is 8.69. The molecule has 0 aliphatic carbocycles. The smallest absolute Gasteiger partial charge is 0.164 e. The van der Waals surface area contributed by atoms with E-state index in [2.05, 4.69) is 46.7 Å². The van der Waals surface area contributed by atoms with E-state index >= 15 is 0 Å². The van der Waals surface area contributed by atoms with Gasteiger partial charge in [-0.2, -0.15) is 5.10 Å². The number of hydrogen-bond acceptors (Lipinski definition) is 5. The van der Waals surface area contributed by atoms with Gasteiger partial charge in [-0.3, -0.25) is 9.67 Å². The molecule has 7 nitrogen and oxygen atoms in total. The first kappa shape index (κ1) is 21.0. The molecule has 7 heteroatoms. The Kier molecular flexibility index (Phi) is 5.69. The fourth-order valence-corrected chi connectivity index (χ4v) is 4.13. The molecule has 0 aliphatic heterocycles. The fourth-order valence-electron chi connectivity index (χ4n) is 4.13. The van der Waals surface area contributed by atoms with Crippen LogP contribution in [0.5, 0.6) is 0 Å². The number of nitrogens with zero attached hydrogens (tertiary/aromatic N) is 7. The zero-order valence-electron chi connectivity index (χ0n) is 19.2. The number of hydrogen-bond donors (Lipinski definition) is 0. The maximum Gasteiger partial charge on any atom is 0.164 e. The van der Waals surface area contributed by atoms with Crippen LogP contribution < -0.4 is 0 Å². The van der Waals surface area contributed by atoms with E-state index in [4.69, 9.17) is 15.0 Å². The van der Waals surface area contributed by atoms with Crippen molar-refractivity contribution in [3.8, 4) is 33.9 Å². The molecule has 0 N–H and O–H groups in total. The summed E-state index contributed by atoms with van der Waals surface area (Å²) in [5.41, 5.74) is 6.47. The number of aromatic nitrogens is 7. The predicted molar refractivity (Wildman–Crippen MR) is 130 cm³/mol. The molecule has 5 rings (SSSR count). The number of rotatable bonds is 7. The van der Waals surface area contributed by atoms with Gasteiger partial charge in [0.05, 0.1) is 5.69 Å². The molecule has 0 bridgehead atoms. The first-order valence-electron chi connectivity index (χ1n) is 11.5. The van der Waals surface area contributed by atoms with Crippen LogP contribution in [0.25, 0.3) is 45.1 Å². The number of imidazole rings is 1. The van der Waals surface area contributed by atoms with Gasteiger partial charge in [-0.05, 0) is 37.6 Å². The summed E-state index contributed by atoms with van der Waals surface area (Å²) in [6.45, 7) is 5.16. The molecule has 4 aromatic heterocycles. The average Bonchev–Trinajstić information content (AvgIpc) is 3.45.